The lowest BCUT2D eigenvalue weighted by atomic mass is 9.94. The fourth-order valence-electron chi connectivity index (χ4n) is 2.17. The van der Waals surface area contributed by atoms with Gasteiger partial charge >= 0.3 is 0 Å². The highest BCUT2D eigenvalue weighted by atomic mass is 35.5. The van der Waals surface area contributed by atoms with Gasteiger partial charge in [0.15, 0.2) is 0 Å². The third-order valence-corrected chi connectivity index (χ3v) is 3.43. The molecule has 1 atom stereocenters. The van der Waals surface area contributed by atoms with E-state index in [0.717, 1.165) is 31.4 Å². The summed E-state index contributed by atoms with van der Waals surface area (Å²) >= 11 is 5.80. The van der Waals surface area contributed by atoms with E-state index in [1.807, 2.05) is 12.1 Å². The summed E-state index contributed by atoms with van der Waals surface area (Å²) in [5.41, 5.74) is 6.38. The molecule has 0 aromatic heterocycles. The van der Waals surface area contributed by atoms with Crippen molar-refractivity contribution in [1.29, 1.82) is 0 Å². The molecule has 0 aliphatic rings. The van der Waals surface area contributed by atoms with E-state index in [2.05, 4.69) is 12.2 Å². The number of amides is 1. The van der Waals surface area contributed by atoms with E-state index in [-0.39, 0.29) is 5.91 Å². The number of nitrogens with two attached hydrogens (primary N) is 1. The number of nitrogens with one attached hydrogen (secondary N) is 1. The van der Waals surface area contributed by atoms with E-state index in [4.69, 9.17) is 17.3 Å². The predicted molar refractivity (Wildman–Crippen MR) is 81.4 cm³/mol. The number of benzene rings is 1. The maximum Gasteiger partial charge on any atom is 0.224 e. The molecule has 1 amide bonds. The molecule has 1 aromatic rings. The van der Waals surface area contributed by atoms with Crippen LogP contribution in [-0.4, -0.2) is 12.5 Å². The number of carbonyl (C=O) groups is 1. The van der Waals surface area contributed by atoms with Crippen molar-refractivity contribution in [2.75, 3.05) is 11.9 Å². The topological polar surface area (TPSA) is 55.1 Å². The average Bonchev–Trinajstić information content (AvgIpc) is 2.39. The minimum Gasteiger partial charge on any atom is -0.330 e. The summed E-state index contributed by atoms with van der Waals surface area (Å²) in [6.45, 7) is 2.86. The fraction of sp³-hybridized carbons (Fsp3) is 0.533. The molecule has 0 aliphatic carbocycles. The second-order valence-corrected chi connectivity index (χ2v) is 5.26. The van der Waals surface area contributed by atoms with Gasteiger partial charge in [-0.3, -0.25) is 4.79 Å². The molecule has 19 heavy (non-hydrogen) atoms. The fourth-order valence-corrected chi connectivity index (χ4v) is 2.29. The minimum absolute atomic E-state index is 0.0560. The van der Waals surface area contributed by atoms with Crippen molar-refractivity contribution >= 4 is 23.2 Å². The van der Waals surface area contributed by atoms with E-state index >= 15 is 0 Å². The molecule has 0 heterocycles. The van der Waals surface area contributed by atoms with Gasteiger partial charge in [0.25, 0.3) is 0 Å². The summed E-state index contributed by atoms with van der Waals surface area (Å²) in [5.74, 6) is 0.617. The smallest absolute Gasteiger partial charge is 0.224 e. The zero-order valence-electron chi connectivity index (χ0n) is 11.5. The number of halogens is 1. The van der Waals surface area contributed by atoms with E-state index in [1.165, 1.54) is 0 Å². The van der Waals surface area contributed by atoms with Crippen LogP contribution in [0, 0.1) is 5.92 Å². The lowest BCUT2D eigenvalue weighted by Gasteiger charge is -2.14. The summed E-state index contributed by atoms with van der Waals surface area (Å²) in [6.07, 6.45) is 4.74. The lowest BCUT2D eigenvalue weighted by molar-refractivity contribution is -0.116. The Morgan fingerprint density at radius 3 is 2.53 bits per heavy atom. The van der Waals surface area contributed by atoms with Crippen LogP contribution < -0.4 is 11.1 Å². The van der Waals surface area contributed by atoms with Gasteiger partial charge in [-0.2, -0.15) is 0 Å². The Bertz CT molecular complexity index is 372. The van der Waals surface area contributed by atoms with Crippen molar-refractivity contribution in [3.05, 3.63) is 29.3 Å². The normalized spacial score (nSPS) is 12.2. The Morgan fingerprint density at radius 1 is 1.26 bits per heavy atom. The first-order chi connectivity index (χ1) is 9.15. The van der Waals surface area contributed by atoms with E-state index < -0.39 is 0 Å². The van der Waals surface area contributed by atoms with Crippen molar-refractivity contribution < 1.29 is 4.79 Å². The third-order valence-electron chi connectivity index (χ3n) is 3.18. The largest absolute Gasteiger partial charge is 0.330 e. The van der Waals surface area contributed by atoms with Crippen molar-refractivity contribution in [1.82, 2.24) is 0 Å². The lowest BCUT2D eigenvalue weighted by Crippen LogP contribution is -2.15. The predicted octanol–water partition coefficient (Wildman–Crippen LogP) is 3.82. The van der Waals surface area contributed by atoms with Crippen LogP contribution in [0.5, 0.6) is 0 Å². The van der Waals surface area contributed by atoms with Crippen molar-refractivity contribution in [2.45, 2.75) is 39.0 Å². The van der Waals surface area contributed by atoms with Crippen LogP contribution in [0.15, 0.2) is 24.3 Å². The molecule has 4 heteroatoms. The van der Waals surface area contributed by atoms with Gasteiger partial charge in [0, 0.05) is 17.1 Å². The van der Waals surface area contributed by atoms with E-state index in [9.17, 15) is 4.79 Å². The first kappa shape index (κ1) is 16.0. The van der Waals surface area contributed by atoms with Crippen molar-refractivity contribution in [3.63, 3.8) is 0 Å². The van der Waals surface area contributed by atoms with Crippen LogP contribution >= 0.6 is 11.6 Å². The maximum atomic E-state index is 11.8. The summed E-state index contributed by atoms with van der Waals surface area (Å²) in [5, 5.41) is 3.55. The van der Waals surface area contributed by atoms with Gasteiger partial charge in [-0.1, -0.05) is 31.4 Å². The highest BCUT2D eigenvalue weighted by molar-refractivity contribution is 6.30. The zero-order chi connectivity index (χ0) is 14.1. The minimum atomic E-state index is 0.0560. The Labute approximate surface area is 120 Å². The van der Waals surface area contributed by atoms with Crippen LogP contribution in [0.3, 0.4) is 0 Å². The molecule has 0 aliphatic heterocycles. The van der Waals surface area contributed by atoms with E-state index in [1.54, 1.807) is 12.1 Å². The molecule has 0 radical (unpaired) electrons. The Hall–Kier alpha value is -1.06. The summed E-state index contributed by atoms with van der Waals surface area (Å²) in [6, 6.07) is 7.16. The Morgan fingerprint density at radius 2 is 1.95 bits per heavy atom. The second kappa shape index (κ2) is 8.94. The Kier molecular flexibility index (Phi) is 7.53. The van der Waals surface area contributed by atoms with Gasteiger partial charge < -0.3 is 11.1 Å². The van der Waals surface area contributed by atoms with Gasteiger partial charge in [-0.15, -0.1) is 0 Å². The summed E-state index contributed by atoms with van der Waals surface area (Å²) in [7, 11) is 0. The SMILES string of the molecule is CCCC(CCN)CCC(=O)Nc1ccc(Cl)cc1. The van der Waals surface area contributed by atoms with Crippen LogP contribution in [0.1, 0.15) is 39.0 Å². The molecule has 1 rings (SSSR count). The molecular formula is C15H23ClN2O. The van der Waals surface area contributed by atoms with Crippen LogP contribution in [0.25, 0.3) is 0 Å². The van der Waals surface area contributed by atoms with Gasteiger partial charge in [-0.05, 0) is 49.6 Å². The quantitative estimate of drug-likeness (QED) is 0.761. The third kappa shape index (κ3) is 6.60. The average molecular weight is 283 g/mol. The molecular weight excluding hydrogens is 260 g/mol. The molecule has 3 N–H and O–H groups in total. The summed E-state index contributed by atoms with van der Waals surface area (Å²) in [4.78, 5) is 11.8. The van der Waals surface area contributed by atoms with Gasteiger partial charge in [0.2, 0.25) is 5.91 Å². The van der Waals surface area contributed by atoms with Crippen LogP contribution in [0.2, 0.25) is 5.02 Å². The molecule has 0 spiro atoms. The van der Waals surface area contributed by atoms with E-state index in [0.29, 0.717) is 23.9 Å². The highest BCUT2D eigenvalue weighted by Gasteiger charge is 2.10. The number of anilines is 1. The molecule has 1 unspecified atom stereocenters. The molecule has 0 bridgehead atoms. The molecule has 1 aromatic carbocycles. The zero-order valence-corrected chi connectivity index (χ0v) is 12.2. The molecule has 0 saturated carbocycles. The number of hydrogen-bond acceptors (Lipinski definition) is 2. The van der Waals surface area contributed by atoms with Crippen molar-refractivity contribution in [3.8, 4) is 0 Å². The standard InChI is InChI=1S/C15H23ClN2O/c1-2-3-12(10-11-17)4-9-15(19)18-14-7-5-13(16)6-8-14/h5-8,12H,2-4,9-11,17H2,1H3,(H,18,19). The Balaban J connectivity index is 2.35. The van der Waals surface area contributed by atoms with Gasteiger partial charge in [-0.25, -0.2) is 0 Å². The number of rotatable bonds is 8. The highest BCUT2D eigenvalue weighted by Crippen LogP contribution is 2.18. The van der Waals surface area contributed by atoms with Crippen LogP contribution in [0.4, 0.5) is 5.69 Å². The first-order valence-corrected chi connectivity index (χ1v) is 7.29. The molecule has 0 saturated heterocycles. The first-order valence-electron chi connectivity index (χ1n) is 6.91. The summed E-state index contributed by atoms with van der Waals surface area (Å²) < 4.78 is 0. The molecule has 3 nitrogen and oxygen atoms in total. The molecule has 0 fully saturated rings. The molecule has 106 valence electrons. The number of carbonyl (C=O) groups excluding carboxylic acids is 1. The van der Waals surface area contributed by atoms with Crippen molar-refractivity contribution in [2.24, 2.45) is 11.7 Å². The van der Waals surface area contributed by atoms with Crippen LogP contribution in [-0.2, 0) is 4.79 Å². The monoisotopic (exact) mass is 282 g/mol. The van der Waals surface area contributed by atoms with Gasteiger partial charge in [0.05, 0.1) is 0 Å². The maximum absolute atomic E-state index is 11.8. The van der Waals surface area contributed by atoms with Gasteiger partial charge in [0.1, 0.15) is 0 Å². The second-order valence-electron chi connectivity index (χ2n) is 4.83. The number of hydrogen-bond donors (Lipinski definition) is 2.